The van der Waals surface area contributed by atoms with Crippen LogP contribution in [0, 0.1) is 0 Å². The minimum atomic E-state index is -4.41. The van der Waals surface area contributed by atoms with Crippen molar-refractivity contribution in [2.24, 2.45) is 7.05 Å². The highest BCUT2D eigenvalue weighted by Gasteiger charge is 2.30. The van der Waals surface area contributed by atoms with Crippen molar-refractivity contribution in [3.63, 3.8) is 0 Å². The Morgan fingerprint density at radius 2 is 1.81 bits per heavy atom. The Balaban J connectivity index is 1.72. The maximum atomic E-state index is 12.6. The number of halogens is 3. The maximum absolute atomic E-state index is 12.6. The number of rotatable bonds is 5. The molecule has 0 atom stereocenters. The van der Waals surface area contributed by atoms with E-state index in [2.05, 4.69) is 15.4 Å². The van der Waals surface area contributed by atoms with Gasteiger partial charge < -0.3 is 5.32 Å². The zero-order chi connectivity index (χ0) is 19.4. The molecule has 3 aromatic rings. The van der Waals surface area contributed by atoms with Gasteiger partial charge in [0.05, 0.1) is 17.3 Å². The van der Waals surface area contributed by atoms with Gasteiger partial charge in [-0.1, -0.05) is 0 Å². The van der Waals surface area contributed by atoms with E-state index < -0.39 is 17.6 Å². The van der Waals surface area contributed by atoms with Gasteiger partial charge in [-0.05, 0) is 42.0 Å². The van der Waals surface area contributed by atoms with Crippen molar-refractivity contribution in [3.05, 3.63) is 71.7 Å². The third-order valence-electron chi connectivity index (χ3n) is 3.72. The molecule has 0 fully saturated rings. The molecule has 2 aromatic heterocycles. The molecule has 27 heavy (non-hydrogen) atoms. The molecule has 1 aromatic carbocycles. The zero-order valence-electron chi connectivity index (χ0n) is 14.2. The van der Waals surface area contributed by atoms with Crippen LogP contribution in [-0.4, -0.2) is 20.7 Å². The van der Waals surface area contributed by atoms with Crippen molar-refractivity contribution in [2.45, 2.75) is 17.0 Å². The molecule has 1 amide bonds. The highest BCUT2D eigenvalue weighted by atomic mass is 32.2. The first-order valence-corrected chi connectivity index (χ1v) is 8.85. The molecule has 0 bridgehead atoms. The van der Waals surface area contributed by atoms with Crippen LogP contribution >= 0.6 is 11.8 Å². The fourth-order valence-electron chi connectivity index (χ4n) is 2.32. The van der Waals surface area contributed by atoms with Gasteiger partial charge in [0.15, 0.2) is 0 Å². The quantitative estimate of drug-likeness (QED) is 0.655. The number of anilines is 1. The molecule has 0 saturated carbocycles. The highest BCUT2D eigenvalue weighted by Crippen LogP contribution is 2.30. The Kier molecular flexibility index (Phi) is 5.50. The lowest BCUT2D eigenvalue weighted by molar-refractivity contribution is -0.137. The second-order valence-corrected chi connectivity index (χ2v) is 6.62. The van der Waals surface area contributed by atoms with Crippen LogP contribution in [0.4, 0.5) is 18.9 Å². The summed E-state index contributed by atoms with van der Waals surface area (Å²) in [6.07, 6.45) is 0.408. The number of hydrogen-bond acceptors (Lipinski definition) is 4. The van der Waals surface area contributed by atoms with E-state index in [9.17, 15) is 18.0 Å². The average molecular weight is 392 g/mol. The predicted octanol–water partition coefficient (Wildman–Crippen LogP) is 4.38. The summed E-state index contributed by atoms with van der Waals surface area (Å²) in [6.45, 7) is 0. The summed E-state index contributed by atoms with van der Waals surface area (Å²) < 4.78 is 39.5. The molecular weight excluding hydrogens is 377 g/mol. The van der Waals surface area contributed by atoms with Crippen molar-refractivity contribution in [2.75, 3.05) is 5.32 Å². The molecule has 9 heteroatoms. The van der Waals surface area contributed by atoms with Gasteiger partial charge in [0.2, 0.25) is 0 Å². The van der Waals surface area contributed by atoms with E-state index in [4.69, 9.17) is 0 Å². The van der Waals surface area contributed by atoms with Gasteiger partial charge in [-0.15, -0.1) is 11.8 Å². The highest BCUT2D eigenvalue weighted by molar-refractivity contribution is 7.98. The lowest BCUT2D eigenvalue weighted by Gasteiger charge is -2.09. The molecule has 0 unspecified atom stereocenters. The standard InChI is InChI=1S/C18H15F3N4OS/c1-25-17(27-11-12-6-8-22-9-7-12)15(10-23-25)16(26)24-14-4-2-13(3-5-14)18(19,20)21/h2-10H,11H2,1H3,(H,24,26). The Labute approximate surface area is 157 Å². The van der Waals surface area contributed by atoms with Gasteiger partial charge in [-0.3, -0.25) is 14.5 Å². The summed E-state index contributed by atoms with van der Waals surface area (Å²) >= 11 is 1.44. The smallest absolute Gasteiger partial charge is 0.322 e. The van der Waals surface area contributed by atoms with Crippen LogP contribution in [0.2, 0.25) is 0 Å². The summed E-state index contributed by atoms with van der Waals surface area (Å²) in [5.74, 6) is 0.197. The minimum Gasteiger partial charge on any atom is -0.322 e. The Bertz CT molecular complexity index is 924. The second kappa shape index (κ2) is 7.83. The number of benzene rings is 1. The van der Waals surface area contributed by atoms with E-state index in [1.807, 2.05) is 12.1 Å². The molecule has 140 valence electrons. The summed E-state index contributed by atoms with van der Waals surface area (Å²) in [5.41, 5.74) is 0.916. The van der Waals surface area contributed by atoms with Gasteiger partial charge in [0, 0.05) is 30.9 Å². The molecule has 0 aliphatic carbocycles. The fraction of sp³-hybridized carbons (Fsp3) is 0.167. The van der Waals surface area contributed by atoms with E-state index in [1.54, 1.807) is 24.1 Å². The molecule has 2 heterocycles. The number of aryl methyl sites for hydroxylation is 1. The van der Waals surface area contributed by atoms with Crippen LogP contribution in [-0.2, 0) is 19.0 Å². The lowest BCUT2D eigenvalue weighted by Crippen LogP contribution is -2.13. The Morgan fingerprint density at radius 1 is 1.15 bits per heavy atom. The average Bonchev–Trinajstić information content (AvgIpc) is 3.01. The van der Waals surface area contributed by atoms with Gasteiger partial charge in [0.25, 0.3) is 5.91 Å². The molecule has 1 N–H and O–H groups in total. The molecule has 0 aliphatic rings. The Morgan fingerprint density at radius 3 is 2.44 bits per heavy atom. The number of aromatic nitrogens is 3. The summed E-state index contributed by atoms with van der Waals surface area (Å²) in [6, 6.07) is 8.06. The molecule has 0 saturated heterocycles. The number of nitrogens with zero attached hydrogens (tertiary/aromatic N) is 3. The SMILES string of the molecule is Cn1ncc(C(=O)Nc2ccc(C(F)(F)F)cc2)c1SCc1ccncc1. The number of hydrogen-bond donors (Lipinski definition) is 1. The van der Waals surface area contributed by atoms with Crippen LogP contribution in [0.15, 0.2) is 60.0 Å². The van der Waals surface area contributed by atoms with Crippen molar-refractivity contribution in [3.8, 4) is 0 Å². The van der Waals surface area contributed by atoms with Crippen molar-refractivity contribution < 1.29 is 18.0 Å². The topological polar surface area (TPSA) is 59.8 Å². The van der Waals surface area contributed by atoms with E-state index in [0.29, 0.717) is 16.3 Å². The van der Waals surface area contributed by atoms with Gasteiger partial charge in [-0.25, -0.2) is 0 Å². The number of amides is 1. The predicted molar refractivity (Wildman–Crippen MR) is 96.4 cm³/mol. The Hall–Kier alpha value is -2.81. The molecule has 0 radical (unpaired) electrons. The van der Waals surface area contributed by atoms with E-state index in [1.165, 1.54) is 30.1 Å². The summed E-state index contributed by atoms with van der Waals surface area (Å²) in [4.78, 5) is 16.5. The molecular formula is C18H15F3N4OS. The molecule has 0 aliphatic heterocycles. The van der Waals surface area contributed by atoms with E-state index in [-0.39, 0.29) is 5.69 Å². The van der Waals surface area contributed by atoms with Crippen molar-refractivity contribution in [1.29, 1.82) is 0 Å². The van der Waals surface area contributed by atoms with Crippen molar-refractivity contribution in [1.82, 2.24) is 14.8 Å². The lowest BCUT2D eigenvalue weighted by atomic mass is 10.2. The maximum Gasteiger partial charge on any atom is 0.416 e. The first kappa shape index (κ1) is 19.0. The second-order valence-electron chi connectivity index (χ2n) is 5.66. The van der Waals surface area contributed by atoms with E-state index in [0.717, 1.165) is 17.7 Å². The zero-order valence-corrected chi connectivity index (χ0v) is 15.0. The van der Waals surface area contributed by atoms with Crippen molar-refractivity contribution >= 4 is 23.4 Å². The van der Waals surface area contributed by atoms with Gasteiger partial charge in [-0.2, -0.15) is 18.3 Å². The monoisotopic (exact) mass is 392 g/mol. The summed E-state index contributed by atoms with van der Waals surface area (Å²) in [5, 5.41) is 7.38. The van der Waals surface area contributed by atoms with Gasteiger partial charge in [0.1, 0.15) is 5.03 Å². The number of carbonyl (C=O) groups is 1. The fourth-order valence-corrected chi connectivity index (χ4v) is 3.36. The number of thioether (sulfide) groups is 1. The van der Waals surface area contributed by atoms with Gasteiger partial charge >= 0.3 is 6.18 Å². The normalized spacial score (nSPS) is 11.4. The van der Waals surface area contributed by atoms with E-state index >= 15 is 0 Å². The van der Waals surface area contributed by atoms with Crippen LogP contribution in [0.25, 0.3) is 0 Å². The largest absolute Gasteiger partial charge is 0.416 e. The molecule has 0 spiro atoms. The van der Waals surface area contributed by atoms with Crippen LogP contribution < -0.4 is 5.32 Å². The summed E-state index contributed by atoms with van der Waals surface area (Å²) in [7, 11) is 1.73. The first-order chi connectivity index (χ1) is 12.8. The number of nitrogens with one attached hydrogen (secondary N) is 1. The minimum absolute atomic E-state index is 0.280. The first-order valence-electron chi connectivity index (χ1n) is 7.87. The third kappa shape index (κ3) is 4.68. The van der Waals surface area contributed by atoms with Crippen LogP contribution in [0.5, 0.6) is 0 Å². The third-order valence-corrected chi connectivity index (χ3v) is 4.96. The molecule has 3 rings (SSSR count). The van der Waals surface area contributed by atoms with Crippen LogP contribution in [0.1, 0.15) is 21.5 Å². The number of carbonyl (C=O) groups excluding carboxylic acids is 1. The molecule has 5 nitrogen and oxygen atoms in total. The number of pyridine rings is 1. The van der Waals surface area contributed by atoms with Crippen LogP contribution in [0.3, 0.4) is 0 Å². The number of alkyl halides is 3.